The van der Waals surface area contributed by atoms with Crippen molar-refractivity contribution in [3.8, 4) is 0 Å². The average Bonchev–Trinajstić information content (AvgIpc) is 2.70. The highest BCUT2D eigenvalue weighted by Crippen LogP contribution is 2.16. The number of hydrogen-bond acceptors (Lipinski definition) is 4. The summed E-state index contributed by atoms with van der Waals surface area (Å²) in [7, 11) is 0. The van der Waals surface area contributed by atoms with E-state index in [9.17, 15) is 0 Å². The largest absolute Gasteiger partial charge is 0.464 e. The molecule has 0 aromatic carbocycles. The first-order chi connectivity index (χ1) is 7.72. The molecule has 1 rings (SSSR count). The van der Waals surface area contributed by atoms with Crippen LogP contribution in [0.15, 0.2) is 16.5 Å². The number of aliphatic hydroxyl groups excluding tert-OH is 1. The standard InChI is InChI=1S/C12H21NO2S/c1-10(2)13-8-11-4-5-12(15-11)9-16-7-3-6-14/h4-5,10,13-14H,3,6-9H2,1-2H3. The van der Waals surface area contributed by atoms with E-state index in [1.807, 2.05) is 12.1 Å². The van der Waals surface area contributed by atoms with E-state index >= 15 is 0 Å². The summed E-state index contributed by atoms with van der Waals surface area (Å²) in [5.74, 6) is 3.88. The Hall–Kier alpha value is -0.450. The number of aliphatic hydroxyl groups is 1. The molecule has 1 heterocycles. The zero-order valence-electron chi connectivity index (χ0n) is 10.0. The van der Waals surface area contributed by atoms with Crippen molar-refractivity contribution < 1.29 is 9.52 Å². The number of furan rings is 1. The molecule has 0 unspecified atom stereocenters. The lowest BCUT2D eigenvalue weighted by molar-refractivity contribution is 0.296. The van der Waals surface area contributed by atoms with Gasteiger partial charge in [0, 0.05) is 12.6 Å². The van der Waals surface area contributed by atoms with Gasteiger partial charge in [0.2, 0.25) is 0 Å². The second-order valence-electron chi connectivity index (χ2n) is 4.03. The summed E-state index contributed by atoms with van der Waals surface area (Å²) in [5, 5.41) is 12.0. The Morgan fingerprint density at radius 2 is 2.12 bits per heavy atom. The topological polar surface area (TPSA) is 45.4 Å². The first kappa shape index (κ1) is 13.6. The fraction of sp³-hybridized carbons (Fsp3) is 0.667. The molecule has 0 spiro atoms. The molecule has 4 heteroatoms. The van der Waals surface area contributed by atoms with E-state index in [2.05, 4.69) is 19.2 Å². The van der Waals surface area contributed by atoms with Crippen LogP contribution in [-0.2, 0) is 12.3 Å². The van der Waals surface area contributed by atoms with Crippen molar-refractivity contribution in [2.45, 2.75) is 38.6 Å². The molecule has 2 N–H and O–H groups in total. The Labute approximate surface area is 102 Å². The van der Waals surface area contributed by atoms with E-state index in [0.29, 0.717) is 6.04 Å². The fourth-order valence-corrected chi connectivity index (χ4v) is 2.07. The molecule has 0 aliphatic rings. The lowest BCUT2D eigenvalue weighted by Gasteiger charge is -2.05. The Bertz CT molecular complexity index is 286. The predicted molar refractivity (Wildman–Crippen MR) is 68.5 cm³/mol. The maximum absolute atomic E-state index is 8.64. The molecule has 0 aliphatic carbocycles. The molecule has 3 nitrogen and oxygen atoms in total. The van der Waals surface area contributed by atoms with E-state index in [1.165, 1.54) is 0 Å². The van der Waals surface area contributed by atoms with Gasteiger partial charge in [-0.3, -0.25) is 0 Å². The highest BCUT2D eigenvalue weighted by Gasteiger charge is 2.02. The molecule has 0 aliphatic heterocycles. The van der Waals surface area contributed by atoms with E-state index in [4.69, 9.17) is 9.52 Å². The number of hydrogen-bond donors (Lipinski definition) is 2. The lowest BCUT2D eigenvalue weighted by atomic mass is 10.3. The normalized spacial score (nSPS) is 11.2. The van der Waals surface area contributed by atoms with Gasteiger partial charge in [-0.2, -0.15) is 11.8 Å². The summed E-state index contributed by atoms with van der Waals surface area (Å²) in [5.41, 5.74) is 0. The fourth-order valence-electron chi connectivity index (χ4n) is 1.24. The van der Waals surface area contributed by atoms with Gasteiger partial charge in [0.15, 0.2) is 0 Å². The van der Waals surface area contributed by atoms with Crippen LogP contribution in [0.1, 0.15) is 31.8 Å². The molecule has 0 bridgehead atoms. The third-order valence-corrected chi connectivity index (χ3v) is 3.16. The molecular formula is C12H21NO2S. The summed E-state index contributed by atoms with van der Waals surface area (Å²) in [4.78, 5) is 0. The third-order valence-electron chi connectivity index (χ3n) is 2.09. The molecule has 92 valence electrons. The van der Waals surface area contributed by atoms with Crippen molar-refractivity contribution in [3.05, 3.63) is 23.7 Å². The number of nitrogens with one attached hydrogen (secondary N) is 1. The second kappa shape index (κ2) is 7.76. The molecule has 0 radical (unpaired) electrons. The van der Waals surface area contributed by atoms with Gasteiger partial charge in [0.05, 0.1) is 12.3 Å². The van der Waals surface area contributed by atoms with Crippen LogP contribution in [0.5, 0.6) is 0 Å². The van der Waals surface area contributed by atoms with Crippen molar-refractivity contribution in [2.24, 2.45) is 0 Å². The number of rotatable bonds is 8. The first-order valence-electron chi connectivity index (χ1n) is 5.72. The minimum Gasteiger partial charge on any atom is -0.464 e. The van der Waals surface area contributed by atoms with Crippen LogP contribution < -0.4 is 5.32 Å². The average molecular weight is 243 g/mol. The van der Waals surface area contributed by atoms with Gasteiger partial charge < -0.3 is 14.8 Å². The first-order valence-corrected chi connectivity index (χ1v) is 6.87. The summed E-state index contributed by atoms with van der Waals surface area (Å²) in [6, 6.07) is 4.54. The van der Waals surface area contributed by atoms with Crippen molar-refractivity contribution in [1.82, 2.24) is 5.32 Å². The van der Waals surface area contributed by atoms with Crippen molar-refractivity contribution in [2.75, 3.05) is 12.4 Å². The van der Waals surface area contributed by atoms with Crippen LogP contribution >= 0.6 is 11.8 Å². The van der Waals surface area contributed by atoms with Gasteiger partial charge in [-0.1, -0.05) is 13.8 Å². The van der Waals surface area contributed by atoms with Crippen LogP contribution in [0.3, 0.4) is 0 Å². The van der Waals surface area contributed by atoms with Crippen molar-refractivity contribution in [3.63, 3.8) is 0 Å². The minimum atomic E-state index is 0.273. The molecule has 0 saturated heterocycles. The zero-order valence-corrected chi connectivity index (χ0v) is 10.8. The second-order valence-corrected chi connectivity index (χ2v) is 5.14. The third kappa shape index (κ3) is 5.58. The van der Waals surface area contributed by atoms with Gasteiger partial charge >= 0.3 is 0 Å². The van der Waals surface area contributed by atoms with E-state index in [0.717, 1.165) is 36.0 Å². The minimum absolute atomic E-state index is 0.273. The molecule has 0 saturated carbocycles. The Kier molecular flexibility index (Phi) is 6.61. The van der Waals surface area contributed by atoms with Crippen LogP contribution in [0.2, 0.25) is 0 Å². The molecule has 0 atom stereocenters. The number of thioether (sulfide) groups is 1. The molecule has 0 amide bonds. The SMILES string of the molecule is CC(C)NCc1ccc(CSCCCO)o1. The summed E-state index contributed by atoms with van der Waals surface area (Å²) < 4.78 is 5.67. The van der Waals surface area contributed by atoms with E-state index < -0.39 is 0 Å². The molecule has 1 aromatic rings. The molecule has 0 fully saturated rings. The Balaban J connectivity index is 2.22. The van der Waals surface area contributed by atoms with Crippen LogP contribution in [0, 0.1) is 0 Å². The Morgan fingerprint density at radius 3 is 2.81 bits per heavy atom. The molecule has 1 aromatic heterocycles. The lowest BCUT2D eigenvalue weighted by Crippen LogP contribution is -2.21. The van der Waals surface area contributed by atoms with Crippen LogP contribution in [0.4, 0.5) is 0 Å². The summed E-state index contributed by atoms with van der Waals surface area (Å²) in [6.45, 7) is 5.30. The van der Waals surface area contributed by atoms with Gasteiger partial charge in [-0.15, -0.1) is 0 Å². The Morgan fingerprint density at radius 1 is 1.38 bits per heavy atom. The van der Waals surface area contributed by atoms with E-state index in [-0.39, 0.29) is 6.61 Å². The summed E-state index contributed by atoms with van der Waals surface area (Å²) >= 11 is 1.79. The van der Waals surface area contributed by atoms with Crippen LogP contribution in [-0.4, -0.2) is 23.5 Å². The maximum Gasteiger partial charge on any atom is 0.118 e. The van der Waals surface area contributed by atoms with Gasteiger partial charge in [-0.05, 0) is 24.3 Å². The van der Waals surface area contributed by atoms with E-state index in [1.54, 1.807) is 11.8 Å². The quantitative estimate of drug-likeness (QED) is 0.688. The molecule has 16 heavy (non-hydrogen) atoms. The zero-order chi connectivity index (χ0) is 11.8. The van der Waals surface area contributed by atoms with Gasteiger partial charge in [-0.25, -0.2) is 0 Å². The summed E-state index contributed by atoms with van der Waals surface area (Å²) in [6.07, 6.45) is 0.854. The smallest absolute Gasteiger partial charge is 0.118 e. The predicted octanol–water partition coefficient (Wildman–Crippen LogP) is 2.39. The van der Waals surface area contributed by atoms with Crippen molar-refractivity contribution in [1.29, 1.82) is 0 Å². The van der Waals surface area contributed by atoms with Gasteiger partial charge in [0.1, 0.15) is 11.5 Å². The van der Waals surface area contributed by atoms with Gasteiger partial charge in [0.25, 0.3) is 0 Å². The van der Waals surface area contributed by atoms with Crippen molar-refractivity contribution >= 4 is 11.8 Å². The van der Waals surface area contributed by atoms with Crippen LogP contribution in [0.25, 0.3) is 0 Å². The highest BCUT2D eigenvalue weighted by molar-refractivity contribution is 7.98. The monoisotopic (exact) mass is 243 g/mol. The maximum atomic E-state index is 8.64. The molecular weight excluding hydrogens is 222 g/mol. The highest BCUT2D eigenvalue weighted by atomic mass is 32.2.